The Labute approximate surface area is 133 Å². The van der Waals surface area contributed by atoms with E-state index in [-0.39, 0.29) is 5.91 Å². The molecule has 0 saturated heterocycles. The number of carbonyl (C=O) groups is 1. The Hall–Kier alpha value is -1.55. The Balaban J connectivity index is 1.79. The quantitative estimate of drug-likeness (QED) is 0.822. The topological polar surface area (TPSA) is 41.6 Å². The number of benzene rings is 1. The van der Waals surface area contributed by atoms with Crippen LogP contribution in [0.3, 0.4) is 0 Å². The summed E-state index contributed by atoms with van der Waals surface area (Å²) in [5.41, 5.74) is 1.01. The normalized spacial score (nSPS) is 16.3. The first kappa shape index (κ1) is 16.8. The Bertz CT molecular complexity index is 468. The molecule has 0 spiro atoms. The van der Waals surface area contributed by atoms with Crippen LogP contribution in [0, 0.1) is 0 Å². The van der Waals surface area contributed by atoms with E-state index in [9.17, 15) is 4.79 Å². The standard InChI is InChI=1S/C18H28N2O2/c1-20(16-10-5-3-4-6-11-16)14-18(21)19-13-15-9-7-8-12-17(15)22-2/h7-9,12,16H,3-6,10-11,13-14H2,1-2H3,(H,19,21). The first-order chi connectivity index (χ1) is 10.7. The number of amides is 1. The van der Waals surface area contributed by atoms with Crippen molar-refractivity contribution in [3.63, 3.8) is 0 Å². The second-order valence-corrected chi connectivity index (χ2v) is 6.15. The minimum absolute atomic E-state index is 0.0812. The van der Waals surface area contributed by atoms with Crippen LogP contribution in [0.25, 0.3) is 0 Å². The van der Waals surface area contributed by atoms with E-state index < -0.39 is 0 Å². The molecular formula is C18H28N2O2. The van der Waals surface area contributed by atoms with Crippen molar-refractivity contribution in [1.82, 2.24) is 10.2 Å². The molecule has 0 aromatic heterocycles. The largest absolute Gasteiger partial charge is 0.496 e. The SMILES string of the molecule is COc1ccccc1CNC(=O)CN(C)C1CCCCCC1. The lowest BCUT2D eigenvalue weighted by Crippen LogP contribution is -2.40. The molecule has 1 aliphatic carbocycles. The number of likely N-dealkylation sites (N-methyl/N-ethyl adjacent to an activating group) is 1. The van der Waals surface area contributed by atoms with Crippen molar-refractivity contribution in [1.29, 1.82) is 0 Å². The number of nitrogens with zero attached hydrogens (tertiary/aromatic N) is 1. The van der Waals surface area contributed by atoms with E-state index >= 15 is 0 Å². The lowest BCUT2D eigenvalue weighted by atomic mass is 10.1. The number of para-hydroxylation sites is 1. The van der Waals surface area contributed by atoms with Crippen molar-refractivity contribution in [3.05, 3.63) is 29.8 Å². The maximum atomic E-state index is 12.2. The van der Waals surface area contributed by atoms with Crippen LogP contribution in [-0.4, -0.2) is 37.6 Å². The number of rotatable bonds is 6. The summed E-state index contributed by atoms with van der Waals surface area (Å²) < 4.78 is 5.31. The fourth-order valence-corrected chi connectivity index (χ4v) is 3.15. The average molecular weight is 304 g/mol. The van der Waals surface area contributed by atoms with Gasteiger partial charge in [-0.3, -0.25) is 9.69 Å². The third kappa shape index (κ3) is 5.02. The predicted molar refractivity (Wildman–Crippen MR) is 89.0 cm³/mol. The number of hydrogen-bond acceptors (Lipinski definition) is 3. The molecule has 1 fully saturated rings. The monoisotopic (exact) mass is 304 g/mol. The maximum Gasteiger partial charge on any atom is 0.234 e. The van der Waals surface area contributed by atoms with Crippen molar-refractivity contribution in [2.75, 3.05) is 20.7 Å². The van der Waals surface area contributed by atoms with E-state index in [2.05, 4.69) is 17.3 Å². The van der Waals surface area contributed by atoms with Gasteiger partial charge in [0.15, 0.2) is 0 Å². The van der Waals surface area contributed by atoms with Gasteiger partial charge < -0.3 is 10.1 Å². The predicted octanol–water partition coefficient (Wildman–Crippen LogP) is 2.97. The molecule has 0 unspecified atom stereocenters. The van der Waals surface area contributed by atoms with Gasteiger partial charge in [-0.15, -0.1) is 0 Å². The number of ether oxygens (including phenoxy) is 1. The molecule has 0 heterocycles. The van der Waals surface area contributed by atoms with Crippen molar-refractivity contribution in [2.45, 2.75) is 51.1 Å². The number of nitrogens with one attached hydrogen (secondary N) is 1. The van der Waals surface area contributed by atoms with Gasteiger partial charge in [0.25, 0.3) is 0 Å². The molecule has 22 heavy (non-hydrogen) atoms. The molecule has 1 amide bonds. The molecule has 122 valence electrons. The van der Waals surface area contributed by atoms with Gasteiger partial charge in [-0.2, -0.15) is 0 Å². The summed E-state index contributed by atoms with van der Waals surface area (Å²) in [5, 5.41) is 3.00. The van der Waals surface area contributed by atoms with Crippen LogP contribution in [0.4, 0.5) is 0 Å². The van der Waals surface area contributed by atoms with Gasteiger partial charge in [-0.25, -0.2) is 0 Å². The summed E-state index contributed by atoms with van der Waals surface area (Å²) in [6.07, 6.45) is 7.69. The molecule has 4 heteroatoms. The van der Waals surface area contributed by atoms with Crippen molar-refractivity contribution < 1.29 is 9.53 Å². The Morgan fingerprint density at radius 2 is 1.91 bits per heavy atom. The van der Waals surface area contributed by atoms with Gasteiger partial charge >= 0.3 is 0 Å². The first-order valence-electron chi connectivity index (χ1n) is 8.29. The molecule has 1 aliphatic rings. The number of carbonyl (C=O) groups excluding carboxylic acids is 1. The Morgan fingerprint density at radius 1 is 1.23 bits per heavy atom. The van der Waals surface area contributed by atoms with Gasteiger partial charge in [-0.1, -0.05) is 43.9 Å². The van der Waals surface area contributed by atoms with Crippen molar-refractivity contribution >= 4 is 5.91 Å². The van der Waals surface area contributed by atoms with Crippen molar-refractivity contribution in [2.24, 2.45) is 0 Å². The molecule has 1 N–H and O–H groups in total. The summed E-state index contributed by atoms with van der Waals surface area (Å²) in [4.78, 5) is 14.4. The lowest BCUT2D eigenvalue weighted by molar-refractivity contribution is -0.122. The zero-order chi connectivity index (χ0) is 15.8. The summed E-state index contributed by atoms with van der Waals surface area (Å²) >= 11 is 0. The van der Waals surface area contributed by atoms with Crippen LogP contribution < -0.4 is 10.1 Å². The molecular weight excluding hydrogens is 276 g/mol. The van der Waals surface area contributed by atoms with E-state index in [0.717, 1.165) is 11.3 Å². The highest BCUT2D eigenvalue weighted by molar-refractivity contribution is 5.78. The highest BCUT2D eigenvalue weighted by atomic mass is 16.5. The second-order valence-electron chi connectivity index (χ2n) is 6.15. The van der Waals surface area contributed by atoms with Gasteiger partial charge in [0.1, 0.15) is 5.75 Å². The Kier molecular flexibility index (Phi) is 6.72. The minimum atomic E-state index is 0.0812. The maximum absolute atomic E-state index is 12.2. The summed E-state index contributed by atoms with van der Waals surface area (Å²) in [5.74, 6) is 0.901. The molecule has 1 aromatic rings. The van der Waals surface area contributed by atoms with Gasteiger partial charge in [0.05, 0.1) is 13.7 Å². The first-order valence-corrected chi connectivity index (χ1v) is 8.29. The smallest absolute Gasteiger partial charge is 0.234 e. The van der Waals surface area contributed by atoms with E-state index in [1.54, 1.807) is 7.11 Å². The minimum Gasteiger partial charge on any atom is -0.496 e. The zero-order valence-corrected chi connectivity index (χ0v) is 13.8. The second kappa shape index (κ2) is 8.79. The van der Waals surface area contributed by atoms with Crippen LogP contribution in [0.5, 0.6) is 5.75 Å². The van der Waals surface area contributed by atoms with Gasteiger partial charge in [-0.05, 0) is 26.0 Å². The van der Waals surface area contributed by atoms with E-state index in [1.807, 2.05) is 24.3 Å². The van der Waals surface area contributed by atoms with E-state index in [0.29, 0.717) is 19.1 Å². The molecule has 1 aromatic carbocycles. The zero-order valence-electron chi connectivity index (χ0n) is 13.8. The summed E-state index contributed by atoms with van der Waals surface area (Å²) in [7, 11) is 3.72. The van der Waals surface area contributed by atoms with E-state index in [1.165, 1.54) is 38.5 Å². The third-order valence-corrected chi connectivity index (χ3v) is 4.51. The fraction of sp³-hybridized carbons (Fsp3) is 0.611. The van der Waals surface area contributed by atoms with Crippen LogP contribution in [0.2, 0.25) is 0 Å². The van der Waals surface area contributed by atoms with Crippen LogP contribution in [0.1, 0.15) is 44.1 Å². The van der Waals surface area contributed by atoms with E-state index in [4.69, 9.17) is 4.74 Å². The van der Waals surface area contributed by atoms with Crippen LogP contribution in [0.15, 0.2) is 24.3 Å². The molecule has 4 nitrogen and oxygen atoms in total. The highest BCUT2D eigenvalue weighted by Gasteiger charge is 2.18. The molecule has 0 bridgehead atoms. The average Bonchev–Trinajstić information content (AvgIpc) is 2.82. The van der Waals surface area contributed by atoms with Gasteiger partial charge in [0.2, 0.25) is 5.91 Å². The summed E-state index contributed by atoms with van der Waals surface area (Å²) in [6, 6.07) is 8.35. The summed E-state index contributed by atoms with van der Waals surface area (Å²) in [6.45, 7) is 0.987. The fourth-order valence-electron chi connectivity index (χ4n) is 3.15. The number of hydrogen-bond donors (Lipinski definition) is 1. The highest BCUT2D eigenvalue weighted by Crippen LogP contribution is 2.21. The number of methoxy groups -OCH3 is 1. The molecule has 1 saturated carbocycles. The molecule has 0 atom stereocenters. The lowest BCUT2D eigenvalue weighted by Gasteiger charge is -2.26. The Morgan fingerprint density at radius 3 is 2.59 bits per heavy atom. The molecule has 0 radical (unpaired) electrons. The van der Waals surface area contributed by atoms with Gasteiger partial charge in [0, 0.05) is 18.2 Å². The van der Waals surface area contributed by atoms with Crippen LogP contribution in [-0.2, 0) is 11.3 Å². The molecule has 0 aliphatic heterocycles. The third-order valence-electron chi connectivity index (χ3n) is 4.51. The van der Waals surface area contributed by atoms with Crippen molar-refractivity contribution in [3.8, 4) is 5.75 Å². The van der Waals surface area contributed by atoms with Crippen LogP contribution >= 0.6 is 0 Å². The molecule has 2 rings (SSSR count).